The summed E-state index contributed by atoms with van der Waals surface area (Å²) >= 11 is 5.14. The topological polar surface area (TPSA) is 437 Å². The minimum atomic E-state index is -0.943. The molecule has 28 nitrogen and oxygen atoms in total. The van der Waals surface area contributed by atoms with E-state index >= 15 is 0 Å². The van der Waals surface area contributed by atoms with Gasteiger partial charge in [0.15, 0.2) is 0 Å². The van der Waals surface area contributed by atoms with Gasteiger partial charge in [0.05, 0.1) is 52.0 Å². The minimum absolute atomic E-state index is 0. The summed E-state index contributed by atoms with van der Waals surface area (Å²) in [6.45, 7) is 8.83. The molecule has 1 saturated heterocycles. The number of hydrogen-bond acceptors (Lipinski definition) is 18. The number of aromatic nitrogens is 6. The van der Waals surface area contributed by atoms with Crippen LogP contribution < -0.4 is 70.1 Å². The van der Waals surface area contributed by atoms with Gasteiger partial charge in [0.25, 0.3) is 0 Å². The zero-order valence-electron chi connectivity index (χ0n) is 39.4. The van der Waals surface area contributed by atoms with Crippen LogP contribution >= 0.6 is 24.0 Å². The van der Waals surface area contributed by atoms with Gasteiger partial charge in [-0.1, -0.05) is 7.43 Å². The van der Waals surface area contributed by atoms with E-state index in [1.165, 1.54) is 52.5 Å². The number of Topliss-reactive ketones (excluding diaryl/α,β-unsaturated/α-hetero) is 1. The molecular formula is C37H65Cl3N13NaO15. The minimum Gasteiger partial charge on any atom is -1.00 e. The maximum atomic E-state index is 10.8. The number of nitrogens with one attached hydrogen (secondary N) is 4. The molecule has 3 aromatic rings. The van der Waals surface area contributed by atoms with E-state index in [0.29, 0.717) is 22.7 Å². The zero-order valence-corrected chi connectivity index (χ0v) is 43.8. The number of methoxy groups -OCH3 is 3. The maximum Gasteiger partial charge on any atom is 1.00 e. The first-order valence-electron chi connectivity index (χ1n) is 18.2. The van der Waals surface area contributed by atoms with Gasteiger partial charge in [0, 0.05) is 23.7 Å². The van der Waals surface area contributed by atoms with Crippen LogP contribution in [-0.2, 0) is 33.3 Å². The molecule has 0 aliphatic carbocycles. The zero-order chi connectivity index (χ0) is 49.9. The summed E-state index contributed by atoms with van der Waals surface area (Å²) in [4.78, 5) is 82.3. The molecule has 390 valence electrons. The molecule has 32 heteroatoms. The Hall–Kier alpha value is -5.72. The number of carboxylic acid groups (broad SMARTS) is 2. The third-order valence-electron chi connectivity index (χ3n) is 6.94. The van der Waals surface area contributed by atoms with Crippen LogP contribution in [0.4, 0.5) is 9.59 Å². The number of carbonyl (C=O) groups excluding carboxylic acids is 6. The summed E-state index contributed by atoms with van der Waals surface area (Å²) in [5, 5.41) is 37.2. The molecule has 0 bridgehead atoms. The van der Waals surface area contributed by atoms with E-state index in [9.17, 15) is 38.4 Å². The van der Waals surface area contributed by atoms with Gasteiger partial charge in [-0.05, 0) is 65.5 Å². The second-order valence-electron chi connectivity index (χ2n) is 12.4. The fourth-order valence-corrected chi connectivity index (χ4v) is 3.82. The number of carbonyl (C=O) groups is 8. The van der Waals surface area contributed by atoms with Crippen LogP contribution in [0.15, 0.2) is 23.7 Å². The van der Waals surface area contributed by atoms with Gasteiger partial charge < -0.3 is 58.5 Å². The Kier molecular flexibility index (Phi) is 55.1. The fourth-order valence-electron chi connectivity index (χ4n) is 3.82. The van der Waals surface area contributed by atoms with Crippen LogP contribution in [0.25, 0.3) is 0 Å². The van der Waals surface area contributed by atoms with Crippen LogP contribution in [0.1, 0.15) is 108 Å². The molecule has 4 heterocycles. The molecule has 0 aromatic carbocycles. The molecule has 0 radical (unpaired) electrons. The summed E-state index contributed by atoms with van der Waals surface area (Å²) in [7, 11) is 7.61. The third kappa shape index (κ3) is 41.0. The Balaban J connectivity index is -0.000000107. The normalized spacial score (nSPS) is 11.1. The number of hydrogen-bond donors (Lipinski definition) is 9. The smallest absolute Gasteiger partial charge is 1.00 e. The van der Waals surface area contributed by atoms with Crippen molar-refractivity contribution in [3.8, 4) is 0 Å². The number of H-pyrrole nitrogens is 2. The number of esters is 3. The van der Waals surface area contributed by atoms with Crippen molar-refractivity contribution in [1.29, 1.82) is 0 Å². The van der Waals surface area contributed by atoms with E-state index in [1.54, 1.807) is 42.4 Å². The largest absolute Gasteiger partial charge is 1.00 e. The number of primary amides is 2. The number of hydrazine groups is 1. The quantitative estimate of drug-likeness (QED) is 0.0114. The van der Waals surface area contributed by atoms with Gasteiger partial charge in [-0.15, -0.1) is 12.4 Å². The summed E-state index contributed by atoms with van der Waals surface area (Å²) in [5.74, 6) is 1.15. The van der Waals surface area contributed by atoms with Gasteiger partial charge in [-0.25, -0.2) is 44.5 Å². The Bertz CT molecular complexity index is 2000. The van der Waals surface area contributed by atoms with E-state index < -0.39 is 35.9 Å². The molecule has 3 aromatic heterocycles. The summed E-state index contributed by atoms with van der Waals surface area (Å²) < 4.78 is 22.0. The van der Waals surface area contributed by atoms with Crippen LogP contribution in [0.5, 0.6) is 0 Å². The molecule has 4 rings (SSSR count). The first-order valence-corrected chi connectivity index (χ1v) is 18.7. The van der Waals surface area contributed by atoms with E-state index in [4.69, 9.17) is 32.3 Å². The molecule has 1 fully saturated rings. The number of aromatic carboxylic acids is 2. The second kappa shape index (κ2) is 47.4. The van der Waals surface area contributed by atoms with Crippen molar-refractivity contribution in [3.63, 3.8) is 0 Å². The number of nitrogens with zero attached hydrogens (tertiary/aromatic N) is 6. The Labute approximate surface area is 438 Å². The van der Waals surface area contributed by atoms with Crippen LogP contribution in [0.3, 0.4) is 0 Å². The van der Waals surface area contributed by atoms with E-state index in [0.717, 1.165) is 31.6 Å². The second-order valence-corrected chi connectivity index (χ2v) is 12.6. The molecule has 1 aliphatic heterocycles. The standard InChI is InChI=1S/C10H14N2O3.C6H11N3O3.C6H8N2O2.C5H6N2O2.C5H8O3.C3H7ClN.CH5N3O.CH4.2ClH.Na.H2O/c1-7-8(10(13)14)6-11-12(7)9-4-2-3-5-15-9;1-4(3-5(10)12-2)8-9-6(7)11;1-4-5(3-7-8-4)6(9)10-2;1-3-4(5(8)9)2-6-7-3;1-4(6)3-5(7)8-2;1-5(2)3-4;2-1(5)4-3;;;;;/h6,9H,2-5H2,1H3,(H,13,14);3H2,1-2H3,(H3,7,9,11);3H,1-2H3,(H,7,8);2H,1H3,(H,6,7)(H,8,9);3H2,1-2H3;3H,1-2H3;3H2,(H3,2,4,5);1H4;2*1H;;1H2/q;;;;;+1;;;;;+1;/p-2/b;8-4+;;;;;;;;;;. The van der Waals surface area contributed by atoms with E-state index in [2.05, 4.69) is 56.4 Å². The third-order valence-corrected chi connectivity index (χ3v) is 7.33. The summed E-state index contributed by atoms with van der Waals surface area (Å²) in [6, 6.07) is -1.48. The predicted octanol–water partition coefficient (Wildman–Crippen LogP) is -3.81. The Morgan fingerprint density at radius 2 is 1.32 bits per heavy atom. The van der Waals surface area contributed by atoms with Crippen LogP contribution in [-0.4, -0.2) is 152 Å². The van der Waals surface area contributed by atoms with Crippen molar-refractivity contribution in [2.24, 2.45) is 22.4 Å². The number of nitrogens with two attached hydrogens (primary N) is 3. The fraction of sp³-hybridized carbons (Fsp3) is 0.486. The Morgan fingerprint density at radius 3 is 1.59 bits per heavy atom. The molecule has 4 amide bonds. The number of hydrazone groups is 1. The average Bonchev–Trinajstić information content (AvgIpc) is 4.00. The van der Waals surface area contributed by atoms with Crippen molar-refractivity contribution >= 4 is 83.1 Å². The van der Waals surface area contributed by atoms with Crippen molar-refractivity contribution in [3.05, 3.63) is 52.4 Å². The number of aromatic amines is 2. The molecule has 0 spiro atoms. The number of halogens is 3. The van der Waals surface area contributed by atoms with Crippen molar-refractivity contribution < 1.29 is 120 Å². The summed E-state index contributed by atoms with van der Waals surface area (Å²) in [5.41, 5.74) is 17.7. The number of ether oxygens (including phenoxy) is 4. The average molecular weight is 1060 g/mol. The SMILES string of the molecule is C.COC(=O)C/C(C)=N/NC(N)=O.COC(=O)CC(C)=O.COC(=O)c1cn[nH]c1C.C[N+](C)=CCl.Cc1[nH]ncc1C(=O)O.Cc1c(C(=O)O)cnn1C1CCCCO1.Cl.NNC(N)=O.[Cl-].[Na+].[OH-]. The number of amides is 4. The predicted molar refractivity (Wildman–Crippen MR) is 244 cm³/mol. The first kappa shape index (κ1) is 80.3. The van der Waals surface area contributed by atoms with E-state index in [-0.39, 0.29) is 109 Å². The van der Waals surface area contributed by atoms with Gasteiger partial charge in [0.2, 0.25) is 5.67 Å². The van der Waals surface area contributed by atoms with Crippen molar-refractivity contribution in [1.82, 2.24) is 41.0 Å². The summed E-state index contributed by atoms with van der Waals surface area (Å²) in [6.07, 6.45) is 7.03. The molecule has 1 aliphatic rings. The number of ketones is 1. The molecular weight excluding hydrogens is 996 g/mol. The van der Waals surface area contributed by atoms with Crippen molar-refractivity contribution in [2.75, 3.05) is 42.0 Å². The molecule has 1 atom stereocenters. The first-order chi connectivity index (χ1) is 29.9. The monoisotopic (exact) mass is 1060 g/mol. The van der Waals surface area contributed by atoms with Gasteiger partial charge >= 0.3 is 71.5 Å². The van der Waals surface area contributed by atoms with E-state index in [1.807, 2.05) is 19.5 Å². The molecule has 0 saturated carbocycles. The van der Waals surface area contributed by atoms with Crippen LogP contribution in [0, 0.1) is 20.8 Å². The maximum absolute atomic E-state index is 10.8. The van der Waals surface area contributed by atoms with Gasteiger partial charge in [0.1, 0.15) is 49.2 Å². The van der Waals surface area contributed by atoms with Crippen molar-refractivity contribution in [2.45, 2.75) is 80.4 Å². The Morgan fingerprint density at radius 1 is 0.870 bits per heavy atom. The molecule has 13 N–H and O–H groups in total. The van der Waals surface area contributed by atoms with Crippen LogP contribution in [0.2, 0.25) is 0 Å². The number of carboxylic acids is 2. The molecule has 1 unspecified atom stereocenters. The van der Waals surface area contributed by atoms with Gasteiger partial charge in [-0.3, -0.25) is 30.0 Å². The number of urea groups is 2. The number of aryl methyl sites for hydroxylation is 2. The molecule has 69 heavy (non-hydrogen) atoms. The number of rotatable bonds is 9. The van der Waals surface area contributed by atoms with Gasteiger partial charge in [-0.2, -0.15) is 20.4 Å².